The van der Waals surface area contributed by atoms with Gasteiger partial charge in [-0.15, -0.1) is 0 Å². The smallest absolute Gasteiger partial charge is 0.144 e. The first-order valence-corrected chi connectivity index (χ1v) is 41.4. The number of anilines is 3. The Morgan fingerprint density at radius 3 is 1.43 bits per heavy atom. The Morgan fingerprint density at radius 2 is 0.774 bits per heavy atom. The van der Waals surface area contributed by atoms with E-state index in [4.69, 9.17) is 8.83 Å². The van der Waals surface area contributed by atoms with Gasteiger partial charge in [-0.1, -0.05) is 305 Å². The summed E-state index contributed by atoms with van der Waals surface area (Å²) >= 11 is 0. The third kappa shape index (κ3) is 10.7. The minimum Gasteiger partial charge on any atom is -0.456 e. The van der Waals surface area contributed by atoms with Crippen molar-refractivity contribution < 1.29 is 8.83 Å². The predicted octanol–water partition coefficient (Wildman–Crippen LogP) is 30.6. The number of hydrogen-bond donors (Lipinski definition) is 0. The molecule has 0 unspecified atom stereocenters. The number of nitrogens with zero attached hydrogens (tertiary/aromatic N) is 2. The fourth-order valence-electron chi connectivity index (χ4n) is 21.3. The van der Waals surface area contributed by atoms with E-state index in [2.05, 4.69) is 271 Å². The van der Waals surface area contributed by atoms with Gasteiger partial charge >= 0.3 is 0 Å². The second-order valence-electron chi connectivity index (χ2n) is 33.5. The molecule has 4 aliphatic carbocycles. The van der Waals surface area contributed by atoms with E-state index in [0.717, 1.165) is 46.5 Å². The number of para-hydroxylation sites is 4. The zero-order valence-electron chi connectivity index (χ0n) is 64.3. The van der Waals surface area contributed by atoms with Crippen molar-refractivity contribution in [2.45, 2.75) is 231 Å². The molecule has 106 heavy (non-hydrogen) atoms. The van der Waals surface area contributed by atoms with E-state index in [0.29, 0.717) is 0 Å². The first kappa shape index (κ1) is 68.4. The quantitative estimate of drug-likeness (QED) is 0.0458. The topological polar surface area (TPSA) is 34.5 Å². The molecule has 0 amide bonds. The zero-order chi connectivity index (χ0) is 72.1. The fraction of sp³-hybridized carbons (Fsp3) is 0.353. The maximum Gasteiger partial charge on any atom is 0.144 e. The number of aromatic nitrogens is 1. The summed E-state index contributed by atoms with van der Waals surface area (Å²) in [6, 6.07) is 80.3. The van der Waals surface area contributed by atoms with Gasteiger partial charge < -0.3 is 18.3 Å². The molecule has 3 heterocycles. The average molecular weight is 1390 g/mol. The highest BCUT2D eigenvalue weighted by Gasteiger charge is 2.54. The summed E-state index contributed by atoms with van der Waals surface area (Å²) < 4.78 is 16.8. The molecule has 0 aliphatic heterocycles. The number of benzene rings is 11. The standard InChI is InChI=1S/C102H106N2O2/c1-9-13-17-21-36-58-101(59-37-22-18-14-10-2)80-46-32-28-43-74(80)93-94-77-45-31-35-49-89(77)106-98(94)95-75-55-52-69(63-85(75)102(97(95)96(93)101,60-38-23-19-15-11-3)61-39-24-20-16-12-4)103(70-51-54-73-72-42-29-33-47-86(72)104(87(73)64-70)67-40-26-25-27-41-67)68-50-53-71-78-65-84-79(66-83(78)100(7,8)82(71)62-68)91-81(99(84,5)6)56-57-90-92(91)76-44-30-34-48-88(76)105-90/h25-35,40-57,62-66H,9-24,36-39,58-61H2,1-8H3. The molecule has 14 aromatic rings. The molecule has 0 saturated heterocycles. The van der Waals surface area contributed by atoms with Crippen LogP contribution in [0.3, 0.4) is 0 Å². The SMILES string of the molecule is CCCCCCCC1(CCCCCCC)c2cc(N(c3ccc4c(c3)C(C)(C)c3cc5c(cc3-4)C(C)(C)c3ccc4oc6ccccc6c4c3-5)c3ccc4c5ccccc5n(-c5ccccc5)c4c3)ccc2-c2c1c1c(c3c2oc2ccccc23)-c2ccccc2C1(CCCCCCC)CCCCCCC. The van der Waals surface area contributed by atoms with E-state index in [1.165, 1.54) is 268 Å². The molecule has 0 fully saturated rings. The highest BCUT2D eigenvalue weighted by Crippen LogP contribution is 2.68. The van der Waals surface area contributed by atoms with E-state index < -0.39 is 0 Å². The predicted molar refractivity (Wildman–Crippen MR) is 451 cm³/mol. The van der Waals surface area contributed by atoms with Gasteiger partial charge in [0.05, 0.1) is 11.0 Å². The second kappa shape index (κ2) is 27.4. The highest BCUT2D eigenvalue weighted by atomic mass is 16.3. The van der Waals surface area contributed by atoms with E-state index in [1.54, 1.807) is 16.7 Å². The van der Waals surface area contributed by atoms with E-state index in [1.807, 2.05) is 0 Å². The lowest BCUT2D eigenvalue weighted by Crippen LogP contribution is -2.33. The molecule has 0 N–H and O–H groups in total. The zero-order valence-corrected chi connectivity index (χ0v) is 64.3. The lowest BCUT2D eigenvalue weighted by atomic mass is 9.62. The Labute approximate surface area is 629 Å². The number of fused-ring (bicyclic) bond motifs is 25. The van der Waals surface area contributed by atoms with Gasteiger partial charge in [0.2, 0.25) is 0 Å². The van der Waals surface area contributed by atoms with Crippen molar-refractivity contribution in [2.24, 2.45) is 0 Å². The Kier molecular flexibility index (Phi) is 17.7. The van der Waals surface area contributed by atoms with Gasteiger partial charge in [0.15, 0.2) is 0 Å². The van der Waals surface area contributed by atoms with E-state index in [9.17, 15) is 0 Å². The van der Waals surface area contributed by atoms with Crippen molar-refractivity contribution in [1.82, 2.24) is 4.57 Å². The van der Waals surface area contributed by atoms with Gasteiger partial charge in [0, 0.05) is 82.3 Å². The van der Waals surface area contributed by atoms with Crippen LogP contribution >= 0.6 is 0 Å². The lowest BCUT2D eigenvalue weighted by Gasteiger charge is -2.40. The summed E-state index contributed by atoms with van der Waals surface area (Å²) in [6.07, 6.45) is 29.6. The molecule has 11 aromatic carbocycles. The van der Waals surface area contributed by atoms with Crippen LogP contribution in [0.25, 0.3) is 116 Å². The summed E-state index contributed by atoms with van der Waals surface area (Å²) in [5.41, 5.74) is 33.0. The largest absolute Gasteiger partial charge is 0.456 e. The molecule has 0 atom stereocenters. The van der Waals surface area contributed by atoms with Crippen molar-refractivity contribution in [3.05, 3.63) is 251 Å². The third-order valence-electron chi connectivity index (χ3n) is 26.5. The molecule has 0 radical (unpaired) electrons. The van der Waals surface area contributed by atoms with Crippen molar-refractivity contribution in [3.63, 3.8) is 0 Å². The minimum absolute atomic E-state index is 0.159. The first-order chi connectivity index (χ1) is 51.9. The molecule has 3 aromatic heterocycles. The van der Waals surface area contributed by atoms with Crippen LogP contribution in [-0.4, -0.2) is 4.57 Å². The molecule has 4 aliphatic rings. The Balaban J connectivity index is 0.889. The van der Waals surface area contributed by atoms with Gasteiger partial charge in [-0.3, -0.25) is 0 Å². The molecule has 0 bridgehead atoms. The molecule has 0 saturated carbocycles. The summed E-state index contributed by atoms with van der Waals surface area (Å²) in [7, 11) is 0. The minimum atomic E-state index is -0.330. The van der Waals surface area contributed by atoms with Gasteiger partial charge in [0.1, 0.15) is 22.3 Å². The summed E-state index contributed by atoms with van der Waals surface area (Å²) in [5, 5.41) is 7.52. The van der Waals surface area contributed by atoms with Crippen molar-refractivity contribution in [2.75, 3.05) is 4.90 Å². The molecular weight excluding hydrogens is 1290 g/mol. The first-order valence-electron chi connectivity index (χ1n) is 41.4. The monoisotopic (exact) mass is 1390 g/mol. The highest BCUT2D eigenvalue weighted by molar-refractivity contribution is 6.21. The average Bonchev–Trinajstić information content (AvgIpc) is 1.49. The summed E-state index contributed by atoms with van der Waals surface area (Å²) in [6.45, 7) is 19.4. The van der Waals surface area contributed by atoms with Crippen LogP contribution in [0.4, 0.5) is 17.1 Å². The normalized spacial score (nSPS) is 15.1. The number of unbranched alkanes of at least 4 members (excludes halogenated alkanes) is 16. The molecule has 18 rings (SSSR count). The van der Waals surface area contributed by atoms with Crippen LogP contribution in [0.2, 0.25) is 0 Å². The van der Waals surface area contributed by atoms with Gasteiger partial charge in [-0.2, -0.15) is 0 Å². The van der Waals surface area contributed by atoms with Crippen LogP contribution in [0.1, 0.15) is 254 Å². The summed E-state index contributed by atoms with van der Waals surface area (Å²) in [5.74, 6) is 0. The fourth-order valence-corrected chi connectivity index (χ4v) is 21.3. The third-order valence-corrected chi connectivity index (χ3v) is 26.5. The molecule has 536 valence electrons. The maximum absolute atomic E-state index is 7.71. The lowest BCUT2D eigenvalue weighted by molar-refractivity contribution is 0.369. The van der Waals surface area contributed by atoms with Crippen molar-refractivity contribution in [1.29, 1.82) is 0 Å². The molecule has 4 heteroatoms. The Bertz CT molecular complexity index is 5680. The van der Waals surface area contributed by atoms with Crippen LogP contribution < -0.4 is 4.90 Å². The van der Waals surface area contributed by atoms with Crippen molar-refractivity contribution >= 4 is 82.7 Å². The molecular formula is C102H106N2O2. The van der Waals surface area contributed by atoms with Crippen LogP contribution in [0, 0.1) is 0 Å². The van der Waals surface area contributed by atoms with Gasteiger partial charge in [-0.05, 0) is 194 Å². The van der Waals surface area contributed by atoms with Crippen LogP contribution in [0.15, 0.2) is 215 Å². The number of furan rings is 2. The Morgan fingerprint density at radius 1 is 0.302 bits per heavy atom. The Hall–Kier alpha value is -9.38. The van der Waals surface area contributed by atoms with Crippen molar-refractivity contribution in [3.8, 4) is 50.2 Å². The van der Waals surface area contributed by atoms with E-state index >= 15 is 0 Å². The van der Waals surface area contributed by atoms with Gasteiger partial charge in [-0.25, -0.2) is 0 Å². The maximum atomic E-state index is 7.71. The second-order valence-corrected chi connectivity index (χ2v) is 33.5. The molecule has 0 spiro atoms. The van der Waals surface area contributed by atoms with Crippen LogP contribution in [-0.2, 0) is 21.7 Å². The van der Waals surface area contributed by atoms with Crippen LogP contribution in [0.5, 0.6) is 0 Å². The van der Waals surface area contributed by atoms with E-state index in [-0.39, 0.29) is 21.7 Å². The van der Waals surface area contributed by atoms with Gasteiger partial charge in [0.25, 0.3) is 0 Å². The number of rotatable bonds is 28. The number of hydrogen-bond acceptors (Lipinski definition) is 3. The summed E-state index contributed by atoms with van der Waals surface area (Å²) in [4.78, 5) is 2.68. The molecule has 4 nitrogen and oxygen atoms in total.